The molecule has 0 atom stereocenters. The van der Waals surface area contributed by atoms with Gasteiger partial charge < -0.3 is 4.90 Å². The molecule has 1 fully saturated rings. The summed E-state index contributed by atoms with van der Waals surface area (Å²) in [7, 11) is 0. The van der Waals surface area contributed by atoms with Crippen molar-refractivity contribution < 1.29 is 0 Å². The zero-order valence-electron chi connectivity index (χ0n) is 8.12. The molecular formula is C10H14ClN3. The van der Waals surface area contributed by atoms with Crippen LogP contribution in [0.2, 0.25) is 5.02 Å². The van der Waals surface area contributed by atoms with E-state index in [1.165, 1.54) is 25.7 Å². The molecule has 3 nitrogen and oxygen atoms in total. The van der Waals surface area contributed by atoms with Gasteiger partial charge in [0, 0.05) is 13.1 Å². The first-order valence-corrected chi connectivity index (χ1v) is 5.46. The van der Waals surface area contributed by atoms with Crippen molar-refractivity contribution in [2.24, 2.45) is 0 Å². The van der Waals surface area contributed by atoms with Crippen LogP contribution >= 0.6 is 11.6 Å². The highest BCUT2D eigenvalue weighted by atomic mass is 35.5. The van der Waals surface area contributed by atoms with Crippen molar-refractivity contribution in [2.45, 2.75) is 25.7 Å². The Morgan fingerprint density at radius 3 is 2.14 bits per heavy atom. The molecule has 0 spiro atoms. The Hall–Kier alpha value is -0.830. The van der Waals surface area contributed by atoms with Gasteiger partial charge in [-0.05, 0) is 12.8 Å². The standard InChI is InChI=1S/C10H14ClN3/c11-9-7-12-10(13-8-9)14-5-3-1-2-4-6-14/h7-8H,1-6H2. The van der Waals surface area contributed by atoms with E-state index in [1.54, 1.807) is 12.4 Å². The van der Waals surface area contributed by atoms with Crippen molar-refractivity contribution in [3.05, 3.63) is 17.4 Å². The summed E-state index contributed by atoms with van der Waals surface area (Å²) in [5.41, 5.74) is 0. The molecule has 1 aliphatic heterocycles. The maximum Gasteiger partial charge on any atom is 0.225 e. The first kappa shape index (κ1) is 9.71. The van der Waals surface area contributed by atoms with Gasteiger partial charge in [-0.25, -0.2) is 9.97 Å². The van der Waals surface area contributed by atoms with E-state index < -0.39 is 0 Å². The number of hydrogen-bond acceptors (Lipinski definition) is 3. The summed E-state index contributed by atoms with van der Waals surface area (Å²) in [6.07, 6.45) is 8.45. The molecule has 1 aromatic heterocycles. The van der Waals surface area contributed by atoms with Crippen molar-refractivity contribution in [3.8, 4) is 0 Å². The first-order chi connectivity index (χ1) is 6.86. The van der Waals surface area contributed by atoms with Crippen LogP contribution in [-0.2, 0) is 0 Å². The third kappa shape index (κ3) is 2.35. The molecule has 0 aliphatic carbocycles. The highest BCUT2D eigenvalue weighted by molar-refractivity contribution is 6.30. The largest absolute Gasteiger partial charge is 0.341 e. The van der Waals surface area contributed by atoms with E-state index in [0.717, 1.165) is 19.0 Å². The van der Waals surface area contributed by atoms with Crippen LogP contribution in [0.5, 0.6) is 0 Å². The van der Waals surface area contributed by atoms with E-state index in [2.05, 4.69) is 14.9 Å². The zero-order chi connectivity index (χ0) is 9.80. The number of rotatable bonds is 1. The molecule has 0 bridgehead atoms. The van der Waals surface area contributed by atoms with Gasteiger partial charge in [-0.1, -0.05) is 24.4 Å². The summed E-state index contributed by atoms with van der Waals surface area (Å²) in [4.78, 5) is 10.7. The lowest BCUT2D eigenvalue weighted by atomic mass is 10.2. The molecule has 0 amide bonds. The van der Waals surface area contributed by atoms with E-state index >= 15 is 0 Å². The second-order valence-corrected chi connectivity index (χ2v) is 4.04. The van der Waals surface area contributed by atoms with Gasteiger partial charge in [0.2, 0.25) is 5.95 Å². The number of hydrogen-bond donors (Lipinski definition) is 0. The fourth-order valence-electron chi connectivity index (χ4n) is 1.74. The van der Waals surface area contributed by atoms with E-state index in [0.29, 0.717) is 5.02 Å². The van der Waals surface area contributed by atoms with Crippen molar-refractivity contribution in [1.82, 2.24) is 9.97 Å². The van der Waals surface area contributed by atoms with Crippen molar-refractivity contribution in [2.75, 3.05) is 18.0 Å². The van der Waals surface area contributed by atoms with E-state index in [9.17, 15) is 0 Å². The maximum absolute atomic E-state index is 5.74. The summed E-state index contributed by atoms with van der Waals surface area (Å²) in [6, 6.07) is 0. The Labute approximate surface area is 89.1 Å². The molecule has 0 radical (unpaired) electrons. The third-order valence-corrected chi connectivity index (χ3v) is 2.69. The van der Waals surface area contributed by atoms with Crippen molar-refractivity contribution in [3.63, 3.8) is 0 Å². The predicted molar refractivity (Wildman–Crippen MR) is 57.7 cm³/mol. The summed E-state index contributed by atoms with van der Waals surface area (Å²) in [5.74, 6) is 0.816. The fourth-order valence-corrected chi connectivity index (χ4v) is 1.84. The fraction of sp³-hybridized carbons (Fsp3) is 0.600. The van der Waals surface area contributed by atoms with E-state index in [4.69, 9.17) is 11.6 Å². The molecule has 0 N–H and O–H groups in total. The Kier molecular flexibility index (Phi) is 3.19. The second kappa shape index (κ2) is 4.60. The lowest BCUT2D eigenvalue weighted by Crippen LogP contribution is -2.25. The van der Waals surface area contributed by atoms with E-state index in [-0.39, 0.29) is 0 Å². The van der Waals surface area contributed by atoms with Gasteiger partial charge in [-0.2, -0.15) is 0 Å². The van der Waals surface area contributed by atoms with E-state index in [1.807, 2.05) is 0 Å². The Bertz CT molecular complexity index is 278. The molecule has 76 valence electrons. The molecule has 1 aliphatic rings. The number of nitrogens with zero attached hydrogens (tertiary/aromatic N) is 3. The summed E-state index contributed by atoms with van der Waals surface area (Å²) >= 11 is 5.74. The maximum atomic E-state index is 5.74. The quantitative estimate of drug-likeness (QED) is 0.715. The predicted octanol–water partition coefficient (Wildman–Crippen LogP) is 2.51. The molecule has 2 rings (SSSR count). The van der Waals surface area contributed by atoms with Crippen LogP contribution < -0.4 is 4.90 Å². The first-order valence-electron chi connectivity index (χ1n) is 5.09. The number of halogens is 1. The molecule has 1 aromatic rings. The van der Waals surface area contributed by atoms with Crippen molar-refractivity contribution in [1.29, 1.82) is 0 Å². The minimum atomic E-state index is 0.601. The monoisotopic (exact) mass is 211 g/mol. The van der Waals surface area contributed by atoms with Gasteiger partial charge in [0.1, 0.15) is 0 Å². The van der Waals surface area contributed by atoms with Crippen LogP contribution in [0.1, 0.15) is 25.7 Å². The SMILES string of the molecule is Clc1cnc(N2CCCCCC2)nc1. The molecule has 14 heavy (non-hydrogen) atoms. The highest BCUT2D eigenvalue weighted by Crippen LogP contribution is 2.15. The minimum Gasteiger partial charge on any atom is -0.341 e. The minimum absolute atomic E-state index is 0.601. The summed E-state index contributed by atoms with van der Waals surface area (Å²) in [6.45, 7) is 2.14. The Balaban J connectivity index is 2.08. The number of anilines is 1. The van der Waals surface area contributed by atoms with Gasteiger partial charge >= 0.3 is 0 Å². The van der Waals surface area contributed by atoms with Crippen LogP contribution in [0.25, 0.3) is 0 Å². The normalized spacial score (nSPS) is 17.9. The molecule has 1 saturated heterocycles. The molecule has 0 aromatic carbocycles. The van der Waals surface area contributed by atoms with Gasteiger partial charge in [0.15, 0.2) is 0 Å². The van der Waals surface area contributed by atoms with Crippen LogP contribution in [0, 0.1) is 0 Å². The molecule has 4 heteroatoms. The average Bonchev–Trinajstić information content (AvgIpc) is 2.47. The second-order valence-electron chi connectivity index (χ2n) is 3.60. The highest BCUT2D eigenvalue weighted by Gasteiger charge is 2.11. The zero-order valence-corrected chi connectivity index (χ0v) is 8.87. The third-order valence-electron chi connectivity index (χ3n) is 2.50. The summed E-state index contributed by atoms with van der Waals surface area (Å²) < 4.78 is 0. The van der Waals surface area contributed by atoms with Gasteiger partial charge in [-0.3, -0.25) is 0 Å². The molecule has 0 saturated carbocycles. The molecule has 0 unspecified atom stereocenters. The van der Waals surface area contributed by atoms with Gasteiger partial charge in [-0.15, -0.1) is 0 Å². The van der Waals surface area contributed by atoms with Crippen LogP contribution in [-0.4, -0.2) is 23.1 Å². The lowest BCUT2D eigenvalue weighted by molar-refractivity contribution is 0.726. The lowest BCUT2D eigenvalue weighted by Gasteiger charge is -2.19. The Morgan fingerprint density at radius 1 is 1.00 bits per heavy atom. The van der Waals surface area contributed by atoms with Crippen LogP contribution in [0.3, 0.4) is 0 Å². The van der Waals surface area contributed by atoms with Crippen molar-refractivity contribution >= 4 is 17.5 Å². The van der Waals surface area contributed by atoms with Crippen LogP contribution in [0.15, 0.2) is 12.4 Å². The Morgan fingerprint density at radius 2 is 1.57 bits per heavy atom. The summed E-state index contributed by atoms with van der Waals surface area (Å²) in [5, 5.41) is 0.601. The number of aromatic nitrogens is 2. The molecule has 2 heterocycles. The average molecular weight is 212 g/mol. The topological polar surface area (TPSA) is 29.0 Å². The smallest absolute Gasteiger partial charge is 0.225 e. The van der Waals surface area contributed by atoms with Gasteiger partial charge in [0.25, 0.3) is 0 Å². The van der Waals surface area contributed by atoms with Crippen LogP contribution in [0.4, 0.5) is 5.95 Å². The van der Waals surface area contributed by atoms with Gasteiger partial charge in [0.05, 0.1) is 17.4 Å². The molecular weight excluding hydrogens is 198 g/mol.